The monoisotopic (exact) mass is 193 g/mol. The van der Waals surface area contributed by atoms with E-state index in [1.807, 2.05) is 6.20 Å². The van der Waals surface area contributed by atoms with Gasteiger partial charge in [0.15, 0.2) is 0 Å². The predicted molar refractivity (Wildman–Crippen MR) is 57.3 cm³/mol. The van der Waals surface area contributed by atoms with Crippen LogP contribution in [0.5, 0.6) is 0 Å². The van der Waals surface area contributed by atoms with Crippen molar-refractivity contribution < 1.29 is 0 Å². The third-order valence-electron chi connectivity index (χ3n) is 2.93. The summed E-state index contributed by atoms with van der Waals surface area (Å²) < 4.78 is 2.09. The van der Waals surface area contributed by atoms with Gasteiger partial charge in [0.1, 0.15) is 0 Å². The Bertz CT molecular complexity index is 284. The van der Waals surface area contributed by atoms with Crippen molar-refractivity contribution in [2.45, 2.75) is 32.7 Å². The van der Waals surface area contributed by atoms with Gasteiger partial charge in [0.25, 0.3) is 0 Å². The molecule has 78 valence electrons. The van der Waals surface area contributed by atoms with Crippen molar-refractivity contribution in [1.29, 1.82) is 0 Å². The van der Waals surface area contributed by atoms with Crippen molar-refractivity contribution in [2.24, 2.45) is 5.92 Å². The van der Waals surface area contributed by atoms with E-state index in [-0.39, 0.29) is 0 Å². The van der Waals surface area contributed by atoms with Crippen LogP contribution in [-0.2, 0) is 6.54 Å². The van der Waals surface area contributed by atoms with Crippen LogP contribution < -0.4 is 5.32 Å². The summed E-state index contributed by atoms with van der Waals surface area (Å²) in [6.07, 6.45) is 5.47. The molecule has 1 aliphatic rings. The molecule has 0 saturated carbocycles. The van der Waals surface area contributed by atoms with Gasteiger partial charge in [-0.05, 0) is 36.9 Å². The van der Waals surface area contributed by atoms with Gasteiger partial charge in [-0.3, -0.25) is 4.68 Å². The van der Waals surface area contributed by atoms with E-state index in [1.54, 1.807) is 0 Å². The molecule has 0 unspecified atom stereocenters. The summed E-state index contributed by atoms with van der Waals surface area (Å²) in [6.45, 7) is 7.80. The lowest BCUT2D eigenvalue weighted by Gasteiger charge is -2.07. The van der Waals surface area contributed by atoms with E-state index in [9.17, 15) is 0 Å². The highest BCUT2D eigenvalue weighted by Gasteiger charge is 2.15. The molecular weight excluding hydrogens is 174 g/mol. The van der Waals surface area contributed by atoms with Gasteiger partial charge in [-0.1, -0.05) is 13.8 Å². The van der Waals surface area contributed by atoms with Gasteiger partial charge in [-0.15, -0.1) is 0 Å². The highest BCUT2D eigenvalue weighted by atomic mass is 15.3. The third-order valence-corrected chi connectivity index (χ3v) is 2.93. The molecule has 0 radical (unpaired) electrons. The smallest absolute Gasteiger partial charge is 0.0524 e. The topological polar surface area (TPSA) is 29.9 Å². The molecule has 1 aromatic rings. The molecule has 3 nitrogen and oxygen atoms in total. The van der Waals surface area contributed by atoms with Gasteiger partial charge in [0, 0.05) is 12.7 Å². The summed E-state index contributed by atoms with van der Waals surface area (Å²) in [5.41, 5.74) is 1.34. The largest absolute Gasteiger partial charge is 0.316 e. The van der Waals surface area contributed by atoms with Gasteiger partial charge in [-0.25, -0.2) is 0 Å². The first-order valence-corrected chi connectivity index (χ1v) is 5.49. The van der Waals surface area contributed by atoms with E-state index >= 15 is 0 Å². The maximum absolute atomic E-state index is 4.39. The van der Waals surface area contributed by atoms with Crippen LogP contribution in [0, 0.1) is 5.92 Å². The first kappa shape index (κ1) is 9.71. The summed E-state index contributed by atoms with van der Waals surface area (Å²) in [7, 11) is 0. The van der Waals surface area contributed by atoms with Crippen molar-refractivity contribution in [3.8, 4) is 0 Å². The molecule has 1 N–H and O–H groups in total. The first-order valence-electron chi connectivity index (χ1n) is 5.49. The molecule has 2 rings (SSSR count). The maximum Gasteiger partial charge on any atom is 0.0524 e. The number of nitrogens with one attached hydrogen (secondary N) is 1. The molecule has 0 aliphatic carbocycles. The fourth-order valence-corrected chi connectivity index (χ4v) is 1.91. The summed E-state index contributed by atoms with van der Waals surface area (Å²) in [5, 5.41) is 7.77. The average Bonchev–Trinajstić information content (AvgIpc) is 2.75. The molecule has 14 heavy (non-hydrogen) atoms. The van der Waals surface area contributed by atoms with Crippen LogP contribution in [0.1, 0.15) is 31.7 Å². The van der Waals surface area contributed by atoms with E-state index in [0.29, 0.717) is 5.92 Å². The minimum atomic E-state index is 0.588. The highest BCUT2D eigenvalue weighted by molar-refractivity contribution is 5.08. The van der Waals surface area contributed by atoms with Crippen LogP contribution in [0.3, 0.4) is 0 Å². The minimum Gasteiger partial charge on any atom is -0.316 e. The molecule has 1 saturated heterocycles. The van der Waals surface area contributed by atoms with Crippen LogP contribution in [-0.4, -0.2) is 22.9 Å². The van der Waals surface area contributed by atoms with Crippen molar-refractivity contribution in [2.75, 3.05) is 13.1 Å². The lowest BCUT2D eigenvalue weighted by Crippen LogP contribution is -2.14. The Hall–Kier alpha value is -0.830. The molecular formula is C11H19N3. The summed E-state index contributed by atoms with van der Waals surface area (Å²) >= 11 is 0. The van der Waals surface area contributed by atoms with Gasteiger partial charge < -0.3 is 5.32 Å². The van der Waals surface area contributed by atoms with Crippen molar-refractivity contribution in [3.05, 3.63) is 18.0 Å². The van der Waals surface area contributed by atoms with Crippen LogP contribution >= 0.6 is 0 Å². The summed E-state index contributed by atoms with van der Waals surface area (Å²) in [5.74, 6) is 1.36. The van der Waals surface area contributed by atoms with Crippen LogP contribution in [0.2, 0.25) is 0 Å². The molecule has 1 aromatic heterocycles. The predicted octanol–water partition coefficient (Wildman–Crippen LogP) is 1.62. The standard InChI is InChI=1S/C11H19N3/c1-9(2)11-6-13-14(8-11)7-10-3-4-12-5-10/h6,8-10,12H,3-5,7H2,1-2H3/t10-/m0/s1. The zero-order valence-corrected chi connectivity index (χ0v) is 9.03. The Labute approximate surface area is 85.5 Å². The molecule has 0 aromatic carbocycles. The van der Waals surface area contributed by atoms with E-state index in [0.717, 1.165) is 19.0 Å². The quantitative estimate of drug-likeness (QED) is 0.790. The van der Waals surface area contributed by atoms with E-state index < -0.39 is 0 Å². The third kappa shape index (κ3) is 2.15. The van der Waals surface area contributed by atoms with Gasteiger partial charge in [0.2, 0.25) is 0 Å². The second-order valence-electron chi connectivity index (χ2n) is 4.51. The van der Waals surface area contributed by atoms with Crippen LogP contribution in [0.15, 0.2) is 12.4 Å². The summed E-state index contributed by atoms with van der Waals surface area (Å²) in [4.78, 5) is 0. The normalized spacial score (nSPS) is 22.1. The maximum atomic E-state index is 4.39. The van der Waals surface area contributed by atoms with E-state index in [2.05, 4.69) is 35.1 Å². The zero-order chi connectivity index (χ0) is 9.97. The molecule has 1 atom stereocenters. The SMILES string of the molecule is CC(C)c1cnn(C[C@H]2CCNC2)c1. The van der Waals surface area contributed by atoms with Crippen LogP contribution in [0.25, 0.3) is 0 Å². The first-order chi connectivity index (χ1) is 6.75. The molecule has 0 amide bonds. The Balaban J connectivity index is 1.95. The Morgan fingerprint density at radius 2 is 2.50 bits per heavy atom. The lowest BCUT2D eigenvalue weighted by molar-refractivity contribution is 0.449. The van der Waals surface area contributed by atoms with Crippen LogP contribution in [0.4, 0.5) is 0 Å². The highest BCUT2D eigenvalue weighted by Crippen LogP contribution is 2.15. The molecule has 3 heteroatoms. The number of hydrogen-bond acceptors (Lipinski definition) is 2. The van der Waals surface area contributed by atoms with Gasteiger partial charge >= 0.3 is 0 Å². The molecule has 0 spiro atoms. The Kier molecular flexibility index (Phi) is 2.87. The fourth-order valence-electron chi connectivity index (χ4n) is 1.91. The number of nitrogens with zero attached hydrogens (tertiary/aromatic N) is 2. The second-order valence-corrected chi connectivity index (χ2v) is 4.51. The van der Waals surface area contributed by atoms with Crippen molar-refractivity contribution in [3.63, 3.8) is 0 Å². The minimum absolute atomic E-state index is 0.588. The molecule has 0 bridgehead atoms. The second kappa shape index (κ2) is 4.13. The molecule has 1 aliphatic heterocycles. The zero-order valence-electron chi connectivity index (χ0n) is 9.03. The van der Waals surface area contributed by atoms with E-state index in [4.69, 9.17) is 0 Å². The Morgan fingerprint density at radius 1 is 1.64 bits per heavy atom. The average molecular weight is 193 g/mol. The van der Waals surface area contributed by atoms with E-state index in [1.165, 1.54) is 18.5 Å². The molecule has 1 fully saturated rings. The van der Waals surface area contributed by atoms with Gasteiger partial charge in [0.05, 0.1) is 6.20 Å². The number of aromatic nitrogens is 2. The number of hydrogen-bond donors (Lipinski definition) is 1. The number of rotatable bonds is 3. The lowest BCUT2D eigenvalue weighted by atomic mass is 10.1. The van der Waals surface area contributed by atoms with Crippen molar-refractivity contribution >= 4 is 0 Å². The summed E-state index contributed by atoms with van der Waals surface area (Å²) in [6, 6.07) is 0. The van der Waals surface area contributed by atoms with Gasteiger partial charge in [-0.2, -0.15) is 5.10 Å². The Morgan fingerprint density at radius 3 is 3.07 bits per heavy atom. The molecule has 2 heterocycles. The fraction of sp³-hybridized carbons (Fsp3) is 0.727. The van der Waals surface area contributed by atoms with Crippen molar-refractivity contribution in [1.82, 2.24) is 15.1 Å².